The lowest BCUT2D eigenvalue weighted by molar-refractivity contribution is -0.0365. The number of methoxy groups -OCH3 is 1. The minimum atomic E-state index is -0.575. The Bertz CT molecular complexity index is 382. The number of aryl methyl sites for hydroxylation is 1. The van der Waals surface area contributed by atoms with Crippen molar-refractivity contribution in [3.8, 4) is 0 Å². The monoisotopic (exact) mass is 320 g/mol. The summed E-state index contributed by atoms with van der Waals surface area (Å²) in [5, 5.41) is 14.2. The number of aliphatic hydroxyl groups is 1. The van der Waals surface area contributed by atoms with Crippen molar-refractivity contribution in [2.24, 2.45) is 0 Å². The summed E-state index contributed by atoms with van der Waals surface area (Å²) in [4.78, 5) is 0. The molecule has 0 aliphatic rings. The molecule has 1 N–H and O–H groups in total. The highest BCUT2D eigenvalue weighted by Gasteiger charge is 2.13. The number of ether oxygens (including phenoxy) is 2. The van der Waals surface area contributed by atoms with Gasteiger partial charge in [-0.3, -0.25) is 4.68 Å². The zero-order chi connectivity index (χ0) is 13.7. The molecular formula is C12H21BrN2O3. The van der Waals surface area contributed by atoms with Crippen molar-refractivity contribution in [1.82, 2.24) is 9.78 Å². The molecule has 0 spiro atoms. The summed E-state index contributed by atoms with van der Waals surface area (Å²) in [5.41, 5.74) is 1.94. The Labute approximate surface area is 116 Å². The van der Waals surface area contributed by atoms with Crippen LogP contribution in [0.5, 0.6) is 0 Å². The predicted molar refractivity (Wildman–Crippen MR) is 72.7 cm³/mol. The van der Waals surface area contributed by atoms with Gasteiger partial charge in [0.2, 0.25) is 0 Å². The minimum Gasteiger partial charge on any atom is -0.389 e. The van der Waals surface area contributed by atoms with E-state index in [4.69, 9.17) is 9.47 Å². The standard InChI is InChI=1S/C12H21BrN2O3/c1-8(6-17-4)18-7-11(16)5-15-10(3)12(13)9(2)14-15/h8,11,16H,5-7H2,1-4H3. The van der Waals surface area contributed by atoms with Gasteiger partial charge in [-0.05, 0) is 36.7 Å². The summed E-state index contributed by atoms with van der Waals surface area (Å²) in [5.74, 6) is 0. The fourth-order valence-corrected chi connectivity index (χ4v) is 1.95. The summed E-state index contributed by atoms with van der Waals surface area (Å²) in [6.45, 7) is 7.04. The molecule has 0 aliphatic heterocycles. The number of rotatable bonds is 7. The molecule has 1 rings (SSSR count). The first-order valence-electron chi connectivity index (χ1n) is 5.93. The first kappa shape index (κ1) is 15.6. The summed E-state index contributed by atoms with van der Waals surface area (Å²) < 4.78 is 13.2. The lowest BCUT2D eigenvalue weighted by atomic mass is 10.3. The Balaban J connectivity index is 2.44. The number of nitrogens with zero attached hydrogens (tertiary/aromatic N) is 2. The van der Waals surface area contributed by atoms with Gasteiger partial charge >= 0.3 is 0 Å². The zero-order valence-corrected chi connectivity index (χ0v) is 12.9. The van der Waals surface area contributed by atoms with Crippen LogP contribution in [0.25, 0.3) is 0 Å². The first-order chi connectivity index (χ1) is 8.45. The summed E-state index contributed by atoms with van der Waals surface area (Å²) in [7, 11) is 1.63. The summed E-state index contributed by atoms with van der Waals surface area (Å²) in [6.07, 6.45) is -0.592. The van der Waals surface area contributed by atoms with Crippen molar-refractivity contribution in [2.75, 3.05) is 20.3 Å². The van der Waals surface area contributed by atoms with Gasteiger partial charge in [0.15, 0.2) is 0 Å². The Hall–Kier alpha value is -0.430. The maximum absolute atomic E-state index is 9.90. The molecule has 0 radical (unpaired) electrons. The first-order valence-corrected chi connectivity index (χ1v) is 6.73. The average molecular weight is 321 g/mol. The molecule has 0 amide bonds. The molecule has 6 heteroatoms. The largest absolute Gasteiger partial charge is 0.389 e. The van der Waals surface area contributed by atoms with Gasteiger partial charge in [-0.15, -0.1) is 0 Å². The fraction of sp³-hybridized carbons (Fsp3) is 0.750. The van der Waals surface area contributed by atoms with Crippen molar-refractivity contribution in [2.45, 2.75) is 39.5 Å². The molecule has 104 valence electrons. The summed E-state index contributed by atoms with van der Waals surface area (Å²) >= 11 is 3.46. The van der Waals surface area contributed by atoms with Crippen LogP contribution in [0.2, 0.25) is 0 Å². The molecule has 1 aromatic heterocycles. The maximum atomic E-state index is 9.90. The van der Waals surface area contributed by atoms with E-state index in [1.807, 2.05) is 20.8 Å². The van der Waals surface area contributed by atoms with Crippen LogP contribution >= 0.6 is 15.9 Å². The topological polar surface area (TPSA) is 56.5 Å². The molecule has 2 atom stereocenters. The third-order valence-corrected chi connectivity index (χ3v) is 3.80. The SMILES string of the molecule is COCC(C)OCC(O)Cn1nc(C)c(Br)c1C. The third-order valence-electron chi connectivity index (χ3n) is 2.65. The normalized spacial score (nSPS) is 14.8. The zero-order valence-electron chi connectivity index (χ0n) is 11.3. The van der Waals surface area contributed by atoms with E-state index < -0.39 is 6.10 Å². The molecule has 2 unspecified atom stereocenters. The molecule has 1 aromatic rings. The molecule has 0 saturated carbocycles. The lowest BCUT2D eigenvalue weighted by Gasteiger charge is -2.16. The Morgan fingerprint density at radius 1 is 1.39 bits per heavy atom. The van der Waals surface area contributed by atoms with Gasteiger partial charge in [0.25, 0.3) is 0 Å². The van der Waals surface area contributed by atoms with Crippen LogP contribution < -0.4 is 0 Å². The molecular weight excluding hydrogens is 300 g/mol. The van der Waals surface area contributed by atoms with E-state index in [1.165, 1.54) is 0 Å². The second-order valence-electron chi connectivity index (χ2n) is 4.42. The van der Waals surface area contributed by atoms with Crippen LogP contribution in [-0.2, 0) is 16.0 Å². The highest BCUT2D eigenvalue weighted by molar-refractivity contribution is 9.10. The molecule has 18 heavy (non-hydrogen) atoms. The molecule has 5 nitrogen and oxygen atoms in total. The molecule has 0 aliphatic carbocycles. The van der Waals surface area contributed by atoms with E-state index in [0.29, 0.717) is 13.2 Å². The second kappa shape index (κ2) is 7.23. The predicted octanol–water partition coefficient (Wildman–Crippen LogP) is 1.67. The van der Waals surface area contributed by atoms with Crippen LogP contribution in [0.4, 0.5) is 0 Å². The van der Waals surface area contributed by atoms with E-state index in [-0.39, 0.29) is 12.7 Å². The van der Waals surface area contributed by atoms with Crippen molar-refractivity contribution >= 4 is 15.9 Å². The van der Waals surface area contributed by atoms with Gasteiger partial charge in [0, 0.05) is 12.8 Å². The van der Waals surface area contributed by atoms with Crippen LogP contribution in [0.3, 0.4) is 0 Å². The number of hydrogen-bond donors (Lipinski definition) is 1. The quantitative estimate of drug-likeness (QED) is 0.830. The molecule has 0 aromatic carbocycles. The van der Waals surface area contributed by atoms with E-state index in [1.54, 1.807) is 11.8 Å². The third kappa shape index (κ3) is 4.35. The van der Waals surface area contributed by atoms with Gasteiger partial charge in [0.1, 0.15) is 0 Å². The Kier molecular flexibility index (Phi) is 6.28. The van der Waals surface area contributed by atoms with Gasteiger partial charge in [-0.2, -0.15) is 5.10 Å². The van der Waals surface area contributed by atoms with Crippen LogP contribution in [0.15, 0.2) is 4.47 Å². The maximum Gasteiger partial charge on any atom is 0.0969 e. The molecule has 0 bridgehead atoms. The molecule has 0 saturated heterocycles. The highest BCUT2D eigenvalue weighted by Crippen LogP contribution is 2.19. The summed E-state index contributed by atoms with van der Waals surface area (Å²) in [6, 6.07) is 0. The van der Waals surface area contributed by atoms with Crippen LogP contribution in [0, 0.1) is 13.8 Å². The van der Waals surface area contributed by atoms with Crippen molar-refractivity contribution in [3.05, 3.63) is 15.9 Å². The van der Waals surface area contributed by atoms with Gasteiger partial charge in [0.05, 0.1) is 42.1 Å². The minimum absolute atomic E-state index is 0.0168. The average Bonchev–Trinajstić information content (AvgIpc) is 2.55. The number of aromatic nitrogens is 2. The van der Waals surface area contributed by atoms with Crippen LogP contribution in [0.1, 0.15) is 18.3 Å². The number of halogens is 1. The van der Waals surface area contributed by atoms with Crippen molar-refractivity contribution < 1.29 is 14.6 Å². The Morgan fingerprint density at radius 2 is 2.06 bits per heavy atom. The van der Waals surface area contributed by atoms with Gasteiger partial charge < -0.3 is 14.6 Å². The number of aliphatic hydroxyl groups excluding tert-OH is 1. The Morgan fingerprint density at radius 3 is 2.56 bits per heavy atom. The second-order valence-corrected chi connectivity index (χ2v) is 5.21. The van der Waals surface area contributed by atoms with Crippen LogP contribution in [-0.4, -0.2) is 47.4 Å². The number of hydrogen-bond acceptors (Lipinski definition) is 4. The molecule has 0 fully saturated rings. The van der Waals surface area contributed by atoms with Crippen molar-refractivity contribution in [1.29, 1.82) is 0 Å². The van der Waals surface area contributed by atoms with Gasteiger partial charge in [-0.1, -0.05) is 0 Å². The highest BCUT2D eigenvalue weighted by atomic mass is 79.9. The molecule has 1 heterocycles. The van der Waals surface area contributed by atoms with Crippen molar-refractivity contribution in [3.63, 3.8) is 0 Å². The smallest absolute Gasteiger partial charge is 0.0969 e. The van der Waals surface area contributed by atoms with E-state index in [9.17, 15) is 5.11 Å². The van der Waals surface area contributed by atoms with E-state index in [2.05, 4.69) is 21.0 Å². The van der Waals surface area contributed by atoms with E-state index in [0.717, 1.165) is 15.9 Å². The fourth-order valence-electron chi connectivity index (χ4n) is 1.66. The van der Waals surface area contributed by atoms with Gasteiger partial charge in [-0.25, -0.2) is 0 Å². The lowest BCUT2D eigenvalue weighted by Crippen LogP contribution is -2.27. The van der Waals surface area contributed by atoms with E-state index >= 15 is 0 Å².